The molecule has 0 aromatic heterocycles. The number of carboxylic acid groups (broad SMARTS) is 1. The predicted octanol–water partition coefficient (Wildman–Crippen LogP) is 6.61. The van der Waals surface area contributed by atoms with Crippen LogP contribution in [-0.4, -0.2) is 28.9 Å². The van der Waals surface area contributed by atoms with Gasteiger partial charge in [-0.15, -0.1) is 0 Å². The first kappa shape index (κ1) is 23.5. The zero-order chi connectivity index (χ0) is 24.0. The molecule has 4 fully saturated rings. The van der Waals surface area contributed by atoms with Crippen LogP contribution in [0.25, 0.3) is 10.8 Å². The van der Waals surface area contributed by atoms with Crippen LogP contribution in [0, 0.1) is 11.3 Å². The molecule has 6 rings (SSSR count). The molecule has 184 valence electrons. The van der Waals surface area contributed by atoms with Crippen molar-refractivity contribution >= 4 is 16.7 Å². The first-order valence-electron chi connectivity index (χ1n) is 12.4. The van der Waals surface area contributed by atoms with Crippen molar-refractivity contribution in [2.75, 3.05) is 0 Å². The first-order valence-corrected chi connectivity index (χ1v) is 12.4. The van der Waals surface area contributed by atoms with Gasteiger partial charge in [0.15, 0.2) is 0 Å². The van der Waals surface area contributed by atoms with Crippen molar-refractivity contribution < 1.29 is 27.8 Å². The average molecular weight is 476 g/mol. The summed E-state index contributed by atoms with van der Waals surface area (Å²) in [5.74, 6) is -1.12. The zero-order valence-electron chi connectivity index (χ0n) is 19.3. The Kier molecular flexibility index (Phi) is 6.03. The van der Waals surface area contributed by atoms with Crippen LogP contribution in [0.5, 0.6) is 5.75 Å². The summed E-state index contributed by atoms with van der Waals surface area (Å²) in [6, 6.07) is 12.2. The number of hydrogen-bond acceptors (Lipinski definition) is 3. The molecule has 7 heteroatoms. The Morgan fingerprint density at radius 2 is 1.56 bits per heavy atom. The molecule has 34 heavy (non-hydrogen) atoms. The smallest absolute Gasteiger partial charge is 0.391 e. The highest BCUT2D eigenvalue weighted by molar-refractivity contribution is 5.84. The summed E-state index contributed by atoms with van der Waals surface area (Å²) >= 11 is 0. The van der Waals surface area contributed by atoms with E-state index in [1.165, 1.54) is 5.56 Å². The third-order valence-electron chi connectivity index (χ3n) is 8.68. The van der Waals surface area contributed by atoms with Crippen molar-refractivity contribution in [2.24, 2.45) is 11.3 Å². The Balaban J connectivity index is 1.18. The van der Waals surface area contributed by atoms with Gasteiger partial charge in [0, 0.05) is 12.1 Å². The van der Waals surface area contributed by atoms with Gasteiger partial charge < -0.3 is 15.2 Å². The van der Waals surface area contributed by atoms with Gasteiger partial charge in [0.25, 0.3) is 0 Å². The summed E-state index contributed by atoms with van der Waals surface area (Å²) in [6.07, 6.45) is 1.89. The molecule has 2 aromatic rings. The Morgan fingerprint density at radius 1 is 0.941 bits per heavy atom. The van der Waals surface area contributed by atoms with E-state index in [9.17, 15) is 23.1 Å². The fourth-order valence-electron chi connectivity index (χ4n) is 6.22. The number of alkyl halides is 3. The van der Waals surface area contributed by atoms with Crippen LogP contribution >= 0.6 is 0 Å². The minimum atomic E-state index is -4.10. The summed E-state index contributed by atoms with van der Waals surface area (Å²) in [6.45, 7) is 0.747. The number of aliphatic carboxylic acids is 1. The molecule has 0 radical (unpaired) electrons. The predicted molar refractivity (Wildman–Crippen MR) is 124 cm³/mol. The fraction of sp³-hybridized carbons (Fsp3) is 0.593. The van der Waals surface area contributed by atoms with Gasteiger partial charge >= 0.3 is 12.1 Å². The Labute approximate surface area is 197 Å². The monoisotopic (exact) mass is 475 g/mol. The lowest BCUT2D eigenvalue weighted by molar-refractivity contribution is -0.185. The molecule has 0 atom stereocenters. The lowest BCUT2D eigenvalue weighted by Crippen LogP contribution is -2.56. The third kappa shape index (κ3) is 4.64. The van der Waals surface area contributed by atoms with Crippen molar-refractivity contribution in [2.45, 2.75) is 88.6 Å². The molecule has 0 heterocycles. The van der Waals surface area contributed by atoms with Gasteiger partial charge in [-0.1, -0.05) is 18.2 Å². The summed E-state index contributed by atoms with van der Waals surface area (Å²) in [4.78, 5) is 11.7. The van der Waals surface area contributed by atoms with Gasteiger partial charge in [-0.2, -0.15) is 13.2 Å². The normalized spacial score (nSPS) is 31.5. The van der Waals surface area contributed by atoms with Crippen molar-refractivity contribution in [3.05, 3.63) is 42.0 Å². The van der Waals surface area contributed by atoms with E-state index in [0.717, 1.165) is 55.8 Å². The molecule has 0 amide bonds. The number of halogens is 3. The molecule has 2 bridgehead atoms. The largest absolute Gasteiger partial charge is 0.490 e. The quantitative estimate of drug-likeness (QED) is 0.494. The highest BCUT2D eigenvalue weighted by Gasteiger charge is 2.52. The van der Waals surface area contributed by atoms with E-state index in [1.807, 2.05) is 18.2 Å². The topological polar surface area (TPSA) is 58.6 Å². The van der Waals surface area contributed by atoms with Crippen LogP contribution in [0.1, 0.15) is 69.8 Å². The lowest BCUT2D eigenvalue weighted by Gasteiger charge is -2.51. The maximum Gasteiger partial charge on any atom is 0.391 e. The highest BCUT2D eigenvalue weighted by Crippen LogP contribution is 2.52. The van der Waals surface area contributed by atoms with Crippen LogP contribution in [0.3, 0.4) is 0 Å². The molecule has 0 spiro atoms. The Morgan fingerprint density at radius 3 is 2.18 bits per heavy atom. The highest BCUT2D eigenvalue weighted by atomic mass is 19.4. The zero-order valence-corrected chi connectivity index (χ0v) is 19.3. The van der Waals surface area contributed by atoms with Crippen molar-refractivity contribution in [3.63, 3.8) is 0 Å². The third-order valence-corrected chi connectivity index (χ3v) is 8.68. The molecule has 2 N–H and O–H groups in total. The van der Waals surface area contributed by atoms with E-state index < -0.39 is 23.5 Å². The number of benzene rings is 2. The summed E-state index contributed by atoms with van der Waals surface area (Å²) in [5.41, 5.74) is 0.736. The summed E-state index contributed by atoms with van der Waals surface area (Å²) in [5, 5.41) is 15.5. The van der Waals surface area contributed by atoms with Crippen LogP contribution < -0.4 is 10.1 Å². The average Bonchev–Trinajstić information content (AvgIpc) is 2.83. The van der Waals surface area contributed by atoms with E-state index >= 15 is 0 Å². The van der Waals surface area contributed by atoms with E-state index in [-0.39, 0.29) is 24.5 Å². The van der Waals surface area contributed by atoms with Crippen LogP contribution in [0.2, 0.25) is 0 Å². The molecule has 4 aliphatic carbocycles. The van der Waals surface area contributed by atoms with Crippen LogP contribution in [-0.2, 0) is 11.3 Å². The number of rotatable bonds is 6. The summed E-state index contributed by atoms with van der Waals surface area (Å²) < 4.78 is 44.7. The molecule has 0 saturated heterocycles. The number of ether oxygens (including phenoxy) is 1. The van der Waals surface area contributed by atoms with Gasteiger partial charge in [-0.05, 0) is 98.7 Å². The van der Waals surface area contributed by atoms with Gasteiger partial charge in [-0.25, -0.2) is 0 Å². The molecule has 0 unspecified atom stereocenters. The number of carbonyl (C=O) groups is 1. The maximum absolute atomic E-state index is 12.9. The van der Waals surface area contributed by atoms with E-state index in [1.54, 1.807) is 0 Å². The van der Waals surface area contributed by atoms with Gasteiger partial charge in [0.1, 0.15) is 5.75 Å². The minimum Gasteiger partial charge on any atom is -0.490 e. The van der Waals surface area contributed by atoms with E-state index in [0.29, 0.717) is 18.6 Å². The van der Waals surface area contributed by atoms with Crippen LogP contribution in [0.4, 0.5) is 13.2 Å². The number of fused-ring (bicyclic) bond motifs is 4. The standard InChI is InChI=1S/C27H32F3NO3/c28-27(29,30)21-4-7-22(8-5-21)34-23-6-3-19-15-18(1-2-20(19)16-23)17-31-26-12-9-25(10-13-26,11-14-26)24(32)33/h1-3,6,15-16,21-22,31H,4-5,7-14,17H2,(H,32,33)/t21-,22+,25?,26?. The maximum atomic E-state index is 12.9. The molecule has 4 nitrogen and oxygen atoms in total. The number of nitrogens with one attached hydrogen (secondary N) is 1. The second kappa shape index (κ2) is 8.74. The molecule has 4 saturated carbocycles. The van der Waals surface area contributed by atoms with E-state index in [2.05, 4.69) is 23.5 Å². The molecule has 0 aliphatic heterocycles. The molecular weight excluding hydrogens is 443 g/mol. The lowest BCUT2D eigenvalue weighted by atomic mass is 9.57. The first-order chi connectivity index (χ1) is 16.2. The molecule has 2 aromatic carbocycles. The molecule has 4 aliphatic rings. The van der Waals surface area contributed by atoms with E-state index in [4.69, 9.17) is 4.74 Å². The second-order valence-corrected chi connectivity index (χ2v) is 10.7. The summed E-state index contributed by atoms with van der Waals surface area (Å²) in [7, 11) is 0. The van der Waals surface area contributed by atoms with Crippen molar-refractivity contribution in [3.8, 4) is 5.75 Å². The van der Waals surface area contributed by atoms with Crippen LogP contribution in [0.15, 0.2) is 36.4 Å². The second-order valence-electron chi connectivity index (χ2n) is 10.7. The number of carboxylic acids is 1. The SMILES string of the molecule is O=C(O)C12CCC(NCc3ccc4cc(O[C@H]5CC[C@@H](C(F)(F)F)CC5)ccc4c3)(CC1)CC2. The Hall–Kier alpha value is -2.28. The van der Waals surface area contributed by atoms with Gasteiger partial charge in [0.2, 0.25) is 0 Å². The van der Waals surface area contributed by atoms with Gasteiger partial charge in [-0.3, -0.25) is 4.79 Å². The van der Waals surface area contributed by atoms with Gasteiger partial charge in [0.05, 0.1) is 17.4 Å². The Bertz CT molecular complexity index is 1030. The van der Waals surface area contributed by atoms with Crippen molar-refractivity contribution in [1.82, 2.24) is 5.32 Å². The molecular formula is C27H32F3NO3. The van der Waals surface area contributed by atoms with Crippen molar-refractivity contribution in [1.29, 1.82) is 0 Å². The minimum absolute atomic E-state index is 0.0506. The fourth-order valence-corrected chi connectivity index (χ4v) is 6.22. The number of hydrogen-bond donors (Lipinski definition) is 2.